The van der Waals surface area contributed by atoms with Gasteiger partial charge in [-0.1, -0.05) is 47.1 Å². The third kappa shape index (κ3) is 7.26. The lowest BCUT2D eigenvalue weighted by Crippen LogP contribution is -2.15. The number of hydrogen-bond acceptors (Lipinski definition) is 5. The SMILES string of the molecule is C=CCn1c(CSCc2ccc(Cl)cc2Cl)nnc1SCC(=O)Nc1cc(C)c(C)cc1Br. The summed E-state index contributed by atoms with van der Waals surface area (Å²) in [5.74, 6) is 2.33. The van der Waals surface area contributed by atoms with Gasteiger partial charge >= 0.3 is 0 Å². The second kappa shape index (κ2) is 12.3. The van der Waals surface area contributed by atoms with E-state index in [-0.39, 0.29) is 11.7 Å². The van der Waals surface area contributed by atoms with Gasteiger partial charge in [-0.05, 0) is 70.7 Å². The minimum Gasteiger partial charge on any atom is -0.324 e. The Morgan fingerprint density at radius 3 is 2.67 bits per heavy atom. The first-order valence-corrected chi connectivity index (χ1v) is 13.7. The number of carbonyl (C=O) groups excluding carboxylic acids is 1. The predicted octanol–water partition coefficient (Wildman–Crippen LogP) is 7.31. The third-order valence-electron chi connectivity index (χ3n) is 4.80. The van der Waals surface area contributed by atoms with E-state index in [4.69, 9.17) is 23.2 Å². The number of allylic oxidation sites excluding steroid dienone is 1. The van der Waals surface area contributed by atoms with Crippen molar-refractivity contribution in [2.24, 2.45) is 0 Å². The molecule has 0 aliphatic rings. The first-order valence-electron chi connectivity index (χ1n) is 10.0. The second-order valence-electron chi connectivity index (χ2n) is 7.28. The standard InChI is InChI=1S/C23H23BrCl2N4OS2/c1-4-7-30-21(12-32-11-16-5-6-17(25)10-19(16)26)28-29-23(30)33-13-22(31)27-20-9-15(3)14(2)8-18(20)24/h4-6,8-10H,1,7,11-13H2,2-3H3,(H,27,31). The number of aromatic nitrogens is 3. The molecule has 1 N–H and O–H groups in total. The van der Waals surface area contributed by atoms with E-state index < -0.39 is 0 Å². The van der Waals surface area contributed by atoms with Crippen LogP contribution < -0.4 is 5.32 Å². The number of rotatable bonds is 10. The molecule has 33 heavy (non-hydrogen) atoms. The van der Waals surface area contributed by atoms with Crippen molar-refractivity contribution in [1.29, 1.82) is 0 Å². The van der Waals surface area contributed by atoms with Crippen molar-refractivity contribution >= 4 is 74.3 Å². The van der Waals surface area contributed by atoms with Gasteiger partial charge in [0.1, 0.15) is 5.82 Å². The molecule has 0 spiro atoms. The van der Waals surface area contributed by atoms with Gasteiger partial charge in [-0.25, -0.2) is 0 Å². The van der Waals surface area contributed by atoms with Crippen LogP contribution in [0.2, 0.25) is 10.0 Å². The molecule has 1 aromatic heterocycles. The van der Waals surface area contributed by atoms with Crippen LogP contribution in [0.25, 0.3) is 0 Å². The summed E-state index contributed by atoms with van der Waals surface area (Å²) in [6.07, 6.45) is 1.80. The summed E-state index contributed by atoms with van der Waals surface area (Å²) >= 11 is 18.8. The fraction of sp³-hybridized carbons (Fsp3) is 0.261. The van der Waals surface area contributed by atoms with Crippen LogP contribution in [0.4, 0.5) is 5.69 Å². The van der Waals surface area contributed by atoms with Gasteiger partial charge in [-0.3, -0.25) is 4.79 Å². The van der Waals surface area contributed by atoms with Gasteiger partial charge in [-0.2, -0.15) is 0 Å². The smallest absolute Gasteiger partial charge is 0.234 e. The van der Waals surface area contributed by atoms with Gasteiger partial charge in [0, 0.05) is 26.8 Å². The highest BCUT2D eigenvalue weighted by molar-refractivity contribution is 9.10. The first-order chi connectivity index (χ1) is 15.8. The molecule has 0 saturated carbocycles. The van der Waals surface area contributed by atoms with Crippen LogP contribution in [0.15, 0.2) is 52.6 Å². The zero-order valence-corrected chi connectivity index (χ0v) is 22.9. The summed E-state index contributed by atoms with van der Waals surface area (Å²) < 4.78 is 2.84. The lowest BCUT2D eigenvalue weighted by Gasteiger charge is -2.11. The predicted molar refractivity (Wildman–Crippen MR) is 145 cm³/mol. The van der Waals surface area contributed by atoms with Crippen LogP contribution in [-0.4, -0.2) is 26.4 Å². The van der Waals surface area contributed by atoms with E-state index in [2.05, 4.69) is 38.0 Å². The van der Waals surface area contributed by atoms with Gasteiger partial charge in [0.25, 0.3) is 0 Å². The lowest BCUT2D eigenvalue weighted by molar-refractivity contribution is -0.113. The largest absolute Gasteiger partial charge is 0.324 e. The summed E-state index contributed by atoms with van der Waals surface area (Å²) in [5.41, 5.74) is 4.06. The van der Waals surface area contributed by atoms with Crippen LogP contribution in [0, 0.1) is 13.8 Å². The highest BCUT2D eigenvalue weighted by Crippen LogP contribution is 2.28. The molecule has 0 saturated heterocycles. The van der Waals surface area contributed by atoms with Crippen molar-refractivity contribution in [3.8, 4) is 0 Å². The average molecular weight is 586 g/mol. The number of aryl methyl sites for hydroxylation is 2. The van der Waals surface area contributed by atoms with Gasteiger partial charge in [0.2, 0.25) is 5.91 Å². The molecular weight excluding hydrogens is 563 g/mol. The summed E-state index contributed by atoms with van der Waals surface area (Å²) in [7, 11) is 0. The molecule has 0 aliphatic heterocycles. The average Bonchev–Trinajstić information content (AvgIpc) is 3.14. The van der Waals surface area contributed by atoms with Crippen molar-refractivity contribution in [3.63, 3.8) is 0 Å². The van der Waals surface area contributed by atoms with Crippen LogP contribution in [-0.2, 0) is 22.8 Å². The number of anilines is 1. The van der Waals surface area contributed by atoms with E-state index in [1.54, 1.807) is 23.9 Å². The highest BCUT2D eigenvalue weighted by Gasteiger charge is 2.15. The zero-order valence-electron chi connectivity index (χ0n) is 18.2. The molecule has 0 aliphatic carbocycles. The molecule has 0 atom stereocenters. The molecule has 174 valence electrons. The molecule has 5 nitrogen and oxygen atoms in total. The monoisotopic (exact) mass is 584 g/mol. The maximum absolute atomic E-state index is 12.5. The number of benzene rings is 2. The quantitative estimate of drug-likeness (QED) is 0.199. The molecule has 3 aromatic rings. The normalized spacial score (nSPS) is 10.9. The van der Waals surface area contributed by atoms with Crippen LogP contribution in [0.1, 0.15) is 22.5 Å². The number of hydrogen-bond donors (Lipinski definition) is 1. The summed E-state index contributed by atoms with van der Waals surface area (Å²) in [5, 5.41) is 13.5. The van der Waals surface area contributed by atoms with E-state index in [0.29, 0.717) is 27.5 Å². The Balaban J connectivity index is 1.60. The topological polar surface area (TPSA) is 59.8 Å². The van der Waals surface area contributed by atoms with E-state index in [9.17, 15) is 4.79 Å². The van der Waals surface area contributed by atoms with Crippen LogP contribution in [0.3, 0.4) is 0 Å². The summed E-state index contributed by atoms with van der Waals surface area (Å²) in [6.45, 7) is 8.46. The Bertz CT molecular complexity index is 1170. The fourth-order valence-corrected chi connectivity index (χ4v) is 5.78. The highest BCUT2D eigenvalue weighted by atomic mass is 79.9. The third-order valence-corrected chi connectivity index (χ3v) is 7.99. The molecule has 1 heterocycles. The van der Waals surface area contributed by atoms with E-state index in [0.717, 1.165) is 38.4 Å². The Kier molecular flexibility index (Phi) is 9.76. The minimum absolute atomic E-state index is 0.106. The Labute approximate surface area is 220 Å². The Hall–Kier alpha value is -1.45. The van der Waals surface area contributed by atoms with Crippen LogP contribution >= 0.6 is 62.7 Å². The number of nitrogens with one attached hydrogen (secondary N) is 1. The lowest BCUT2D eigenvalue weighted by atomic mass is 10.1. The number of carbonyl (C=O) groups is 1. The number of nitrogens with zero attached hydrogens (tertiary/aromatic N) is 3. The van der Waals surface area contributed by atoms with E-state index in [1.165, 1.54) is 11.8 Å². The molecule has 0 radical (unpaired) electrons. The molecule has 10 heteroatoms. The van der Waals surface area contributed by atoms with Gasteiger partial charge in [0.05, 0.1) is 17.2 Å². The maximum atomic E-state index is 12.5. The van der Waals surface area contributed by atoms with E-state index >= 15 is 0 Å². The number of thioether (sulfide) groups is 2. The van der Waals surface area contributed by atoms with E-state index in [1.807, 2.05) is 42.7 Å². The van der Waals surface area contributed by atoms with Crippen molar-refractivity contribution in [3.05, 3.63) is 80.0 Å². The zero-order chi connectivity index (χ0) is 24.0. The molecular formula is C23H23BrCl2N4OS2. The maximum Gasteiger partial charge on any atom is 0.234 e. The van der Waals surface area contributed by atoms with Crippen LogP contribution in [0.5, 0.6) is 0 Å². The Morgan fingerprint density at radius 1 is 1.18 bits per heavy atom. The fourth-order valence-electron chi connectivity index (χ4n) is 2.93. The molecule has 2 aromatic carbocycles. The van der Waals surface area contributed by atoms with Crippen molar-refractivity contribution < 1.29 is 4.79 Å². The van der Waals surface area contributed by atoms with Gasteiger partial charge in [0.15, 0.2) is 5.16 Å². The molecule has 0 unspecified atom stereocenters. The molecule has 1 amide bonds. The first kappa shape index (κ1) is 26.2. The number of halogens is 3. The Morgan fingerprint density at radius 2 is 1.94 bits per heavy atom. The van der Waals surface area contributed by atoms with Crippen molar-refractivity contribution in [2.45, 2.75) is 37.1 Å². The summed E-state index contributed by atoms with van der Waals surface area (Å²) in [4.78, 5) is 12.5. The summed E-state index contributed by atoms with van der Waals surface area (Å²) in [6, 6.07) is 9.47. The molecule has 0 bridgehead atoms. The second-order valence-corrected chi connectivity index (χ2v) is 10.9. The van der Waals surface area contributed by atoms with Crippen molar-refractivity contribution in [1.82, 2.24) is 14.8 Å². The van der Waals surface area contributed by atoms with Crippen molar-refractivity contribution in [2.75, 3.05) is 11.1 Å². The molecule has 0 fully saturated rings. The van der Waals surface area contributed by atoms with Gasteiger partial charge < -0.3 is 9.88 Å². The molecule has 3 rings (SSSR count). The minimum atomic E-state index is -0.106. The number of amides is 1. The van der Waals surface area contributed by atoms with Gasteiger partial charge in [-0.15, -0.1) is 28.5 Å².